The van der Waals surface area contributed by atoms with Crippen molar-refractivity contribution in [3.63, 3.8) is 0 Å². The van der Waals surface area contributed by atoms with Crippen LogP contribution in [0.1, 0.15) is 20.7 Å². The number of benzene rings is 2. The van der Waals surface area contributed by atoms with Crippen LogP contribution in [0.4, 0.5) is 5.69 Å². The van der Waals surface area contributed by atoms with Gasteiger partial charge in [-0.15, -0.1) is 0 Å². The number of hydrogen-bond acceptors (Lipinski definition) is 9. The van der Waals surface area contributed by atoms with E-state index in [1.165, 1.54) is 42.9 Å². The summed E-state index contributed by atoms with van der Waals surface area (Å²) in [5.74, 6) is -1.11. The fourth-order valence-corrected chi connectivity index (χ4v) is 3.83. The lowest BCUT2D eigenvalue weighted by Crippen LogP contribution is -2.18. The van der Waals surface area contributed by atoms with Crippen molar-refractivity contribution >= 4 is 27.6 Å². The fraction of sp³-hybridized carbons (Fsp3) is 0.100. The predicted molar refractivity (Wildman–Crippen MR) is 108 cm³/mol. The van der Waals surface area contributed by atoms with Crippen molar-refractivity contribution in [3.8, 4) is 11.6 Å². The Balaban J connectivity index is 1.95. The second-order valence-corrected chi connectivity index (χ2v) is 7.62. The molecule has 10 nitrogen and oxygen atoms in total. The number of anilines is 1. The molecular formula is C20H17N3O7S. The molecule has 11 heteroatoms. The summed E-state index contributed by atoms with van der Waals surface area (Å²) in [7, 11) is -2.02. The van der Waals surface area contributed by atoms with Crippen molar-refractivity contribution in [2.24, 2.45) is 0 Å². The molecule has 0 aliphatic carbocycles. The minimum absolute atomic E-state index is 0.0461. The SMILES string of the molecule is COC(=O)c1ccc(C(=O)OC)c(S(=O)(=O)Nc2cccc(Oc3cnccn3)c2)c1. The van der Waals surface area contributed by atoms with E-state index >= 15 is 0 Å². The van der Waals surface area contributed by atoms with Crippen molar-refractivity contribution < 1.29 is 32.2 Å². The Labute approximate surface area is 177 Å². The van der Waals surface area contributed by atoms with E-state index in [-0.39, 0.29) is 22.7 Å². The van der Waals surface area contributed by atoms with E-state index in [1.54, 1.807) is 12.1 Å². The third-order valence-corrected chi connectivity index (χ3v) is 5.37. The number of esters is 2. The number of rotatable bonds is 7. The highest BCUT2D eigenvalue weighted by molar-refractivity contribution is 7.92. The van der Waals surface area contributed by atoms with E-state index in [0.29, 0.717) is 5.75 Å². The number of aromatic nitrogens is 2. The average Bonchev–Trinajstić information content (AvgIpc) is 2.78. The van der Waals surface area contributed by atoms with Gasteiger partial charge in [-0.05, 0) is 30.3 Å². The third kappa shape index (κ3) is 5.14. The minimum Gasteiger partial charge on any atom is -0.465 e. The summed E-state index contributed by atoms with van der Waals surface area (Å²) in [5.41, 5.74) is -0.134. The standard InChI is InChI=1S/C20H17N3O7S/c1-28-19(24)13-6-7-16(20(25)29-2)17(10-13)31(26,27)23-14-4-3-5-15(11-14)30-18-12-21-8-9-22-18/h3-12,23H,1-2H3. The summed E-state index contributed by atoms with van der Waals surface area (Å²) >= 11 is 0. The number of nitrogens with zero attached hydrogens (tertiary/aromatic N) is 2. The molecule has 0 fully saturated rings. The molecule has 0 aliphatic rings. The van der Waals surface area contributed by atoms with E-state index in [4.69, 9.17) is 4.74 Å². The Hall–Kier alpha value is -3.99. The van der Waals surface area contributed by atoms with E-state index in [2.05, 4.69) is 24.2 Å². The van der Waals surface area contributed by atoms with Gasteiger partial charge in [0.05, 0.1) is 37.2 Å². The van der Waals surface area contributed by atoms with E-state index in [0.717, 1.165) is 20.3 Å². The molecule has 3 rings (SSSR count). The highest BCUT2D eigenvalue weighted by Gasteiger charge is 2.25. The molecular weight excluding hydrogens is 426 g/mol. The maximum absolute atomic E-state index is 13.0. The summed E-state index contributed by atoms with van der Waals surface area (Å²) in [6.45, 7) is 0. The highest BCUT2D eigenvalue weighted by Crippen LogP contribution is 2.26. The third-order valence-electron chi connectivity index (χ3n) is 3.95. The van der Waals surface area contributed by atoms with Crippen molar-refractivity contribution in [1.29, 1.82) is 0 Å². The van der Waals surface area contributed by atoms with Gasteiger partial charge in [-0.25, -0.2) is 23.0 Å². The molecule has 1 aromatic heterocycles. The van der Waals surface area contributed by atoms with Gasteiger partial charge in [0, 0.05) is 18.5 Å². The minimum atomic E-state index is -4.30. The van der Waals surface area contributed by atoms with E-state index in [9.17, 15) is 18.0 Å². The van der Waals surface area contributed by atoms with E-state index in [1.807, 2.05) is 0 Å². The average molecular weight is 443 g/mol. The van der Waals surface area contributed by atoms with Crippen LogP contribution in [0.2, 0.25) is 0 Å². The molecule has 160 valence electrons. The molecule has 0 atom stereocenters. The maximum atomic E-state index is 13.0. The smallest absolute Gasteiger partial charge is 0.339 e. The first kappa shape index (κ1) is 21.7. The number of methoxy groups -OCH3 is 2. The normalized spacial score (nSPS) is 10.8. The van der Waals surface area contributed by atoms with Crippen molar-refractivity contribution in [2.45, 2.75) is 4.90 Å². The molecule has 0 amide bonds. The number of hydrogen-bond donors (Lipinski definition) is 1. The van der Waals surface area contributed by atoms with Crippen LogP contribution >= 0.6 is 0 Å². The summed E-state index contributed by atoms with van der Waals surface area (Å²) in [4.78, 5) is 31.3. The van der Waals surface area contributed by atoms with E-state index < -0.39 is 26.9 Å². The van der Waals surface area contributed by atoms with Crippen LogP contribution in [0.3, 0.4) is 0 Å². The Morgan fingerprint density at radius 3 is 2.42 bits per heavy atom. The Morgan fingerprint density at radius 1 is 0.968 bits per heavy atom. The zero-order valence-electron chi connectivity index (χ0n) is 16.4. The lowest BCUT2D eigenvalue weighted by atomic mass is 10.1. The number of ether oxygens (including phenoxy) is 3. The molecule has 0 saturated carbocycles. The lowest BCUT2D eigenvalue weighted by Gasteiger charge is -2.13. The van der Waals surface area contributed by atoms with Crippen LogP contribution in [0.25, 0.3) is 0 Å². The van der Waals surface area contributed by atoms with Crippen LogP contribution in [-0.2, 0) is 19.5 Å². The molecule has 0 saturated heterocycles. The molecule has 0 unspecified atom stereocenters. The molecule has 3 aromatic rings. The molecule has 0 aliphatic heterocycles. The van der Waals surface area contributed by atoms with Crippen molar-refractivity contribution in [3.05, 3.63) is 72.2 Å². The van der Waals surface area contributed by atoms with Gasteiger partial charge in [0.2, 0.25) is 5.88 Å². The van der Waals surface area contributed by atoms with Crippen LogP contribution < -0.4 is 9.46 Å². The number of carbonyl (C=O) groups is 2. The van der Waals surface area contributed by atoms with Gasteiger partial charge < -0.3 is 14.2 Å². The second kappa shape index (κ2) is 9.22. The fourth-order valence-electron chi connectivity index (χ4n) is 2.56. The summed E-state index contributed by atoms with van der Waals surface area (Å²) in [6, 6.07) is 9.57. The topological polar surface area (TPSA) is 134 Å². The van der Waals surface area contributed by atoms with Crippen LogP contribution in [0, 0.1) is 0 Å². The predicted octanol–water partition coefficient (Wildman–Crippen LogP) is 2.64. The molecule has 1 heterocycles. The zero-order chi connectivity index (χ0) is 22.4. The van der Waals surface area contributed by atoms with Gasteiger partial charge >= 0.3 is 11.9 Å². The molecule has 2 aromatic carbocycles. The van der Waals surface area contributed by atoms with Gasteiger partial charge in [-0.3, -0.25) is 9.71 Å². The van der Waals surface area contributed by atoms with Gasteiger partial charge in [-0.1, -0.05) is 6.07 Å². The maximum Gasteiger partial charge on any atom is 0.339 e. The first-order chi connectivity index (χ1) is 14.8. The largest absolute Gasteiger partial charge is 0.465 e. The Morgan fingerprint density at radius 2 is 1.74 bits per heavy atom. The van der Waals surface area contributed by atoms with Crippen LogP contribution in [0.5, 0.6) is 11.6 Å². The van der Waals surface area contributed by atoms with Crippen LogP contribution in [0.15, 0.2) is 66.0 Å². The lowest BCUT2D eigenvalue weighted by molar-refractivity contribution is 0.0583. The highest BCUT2D eigenvalue weighted by atomic mass is 32.2. The van der Waals surface area contributed by atoms with Gasteiger partial charge in [0.15, 0.2) is 0 Å². The molecule has 31 heavy (non-hydrogen) atoms. The number of sulfonamides is 1. The Bertz CT molecular complexity index is 1210. The molecule has 0 spiro atoms. The molecule has 1 N–H and O–H groups in total. The Kier molecular flexibility index (Phi) is 6.46. The first-order valence-electron chi connectivity index (χ1n) is 8.71. The summed E-state index contributed by atoms with van der Waals surface area (Å²) in [5, 5.41) is 0. The van der Waals surface area contributed by atoms with Gasteiger partial charge in [0.25, 0.3) is 10.0 Å². The summed E-state index contributed by atoms with van der Waals surface area (Å²) < 4.78 is 43.3. The monoisotopic (exact) mass is 443 g/mol. The second-order valence-electron chi connectivity index (χ2n) is 5.97. The number of nitrogens with one attached hydrogen (secondary N) is 1. The zero-order valence-corrected chi connectivity index (χ0v) is 17.3. The molecule has 0 radical (unpaired) electrons. The first-order valence-corrected chi connectivity index (χ1v) is 10.2. The van der Waals surface area contributed by atoms with Gasteiger partial charge in [0.1, 0.15) is 10.6 Å². The molecule has 0 bridgehead atoms. The van der Waals surface area contributed by atoms with Gasteiger partial charge in [-0.2, -0.15) is 0 Å². The quantitative estimate of drug-likeness (QED) is 0.547. The van der Waals surface area contributed by atoms with Crippen molar-refractivity contribution in [1.82, 2.24) is 9.97 Å². The van der Waals surface area contributed by atoms with Crippen molar-refractivity contribution in [2.75, 3.05) is 18.9 Å². The van der Waals surface area contributed by atoms with Crippen LogP contribution in [-0.4, -0.2) is 44.5 Å². The number of carbonyl (C=O) groups excluding carboxylic acids is 2. The summed E-state index contributed by atoms with van der Waals surface area (Å²) in [6.07, 6.45) is 4.33.